The Morgan fingerprint density at radius 2 is 1.32 bits per heavy atom. The number of alkyl halides is 4. The highest BCUT2D eigenvalue weighted by molar-refractivity contribution is 9.09. The van der Waals surface area contributed by atoms with Crippen LogP contribution in [0, 0.1) is 59.2 Å². The highest BCUT2D eigenvalue weighted by Gasteiger charge is 2.45. The van der Waals surface area contributed by atoms with Crippen LogP contribution in [0.3, 0.4) is 0 Å². The Morgan fingerprint density at radius 1 is 0.624 bits per heavy atom. The van der Waals surface area contributed by atoms with Crippen LogP contribution in [0.1, 0.15) is 207 Å². The molecule has 7 N–H and O–H groups in total. The van der Waals surface area contributed by atoms with E-state index in [0.29, 0.717) is 110 Å². The number of benzene rings is 4. The summed E-state index contributed by atoms with van der Waals surface area (Å²) in [5, 5.41) is 70.0. The summed E-state index contributed by atoms with van der Waals surface area (Å²) in [6, 6.07) is 43.5. The molecule has 6 aliphatic rings. The summed E-state index contributed by atoms with van der Waals surface area (Å²) in [7, 11) is 0. The van der Waals surface area contributed by atoms with Gasteiger partial charge in [0.2, 0.25) is 11.5 Å². The number of Topliss-reactive ketones (excluding diaryl/α,β-unsaturated/α-hetero) is 3. The van der Waals surface area contributed by atoms with Gasteiger partial charge in [-0.15, -0.1) is 116 Å². The van der Waals surface area contributed by atoms with Crippen molar-refractivity contribution in [3.8, 4) is 0 Å². The number of aromatic nitrogens is 2. The Kier molecular flexibility index (Phi) is 49.8. The van der Waals surface area contributed by atoms with E-state index in [-0.39, 0.29) is 137 Å². The Bertz CT molecular complexity index is 6160. The van der Waals surface area contributed by atoms with Crippen LogP contribution in [0.5, 0.6) is 0 Å². The van der Waals surface area contributed by atoms with Crippen molar-refractivity contribution in [1.82, 2.24) is 9.97 Å². The molecule has 6 heterocycles. The molecule has 4 aromatic carbocycles. The molecule has 800 valence electrons. The number of halogens is 6. The van der Waals surface area contributed by atoms with Gasteiger partial charge in [0.05, 0.1) is 81.8 Å². The number of thioether (sulfide) groups is 5. The van der Waals surface area contributed by atoms with Gasteiger partial charge in [0.15, 0.2) is 11.6 Å². The third-order valence-electron chi connectivity index (χ3n) is 26.9. The lowest BCUT2D eigenvalue weighted by Crippen LogP contribution is -2.23. The molecule has 16 atom stereocenters. The molecule has 10 aromatic rings. The number of aliphatic hydroxyl groups is 2. The first-order valence-electron chi connectivity index (χ1n) is 49.9. The molecular formula is C111H124BrCl5N2O23S7. The molecule has 149 heavy (non-hydrogen) atoms. The average Bonchev–Trinajstić information content (AvgIpc) is 1.67. The van der Waals surface area contributed by atoms with Crippen LogP contribution in [0.15, 0.2) is 214 Å². The number of carboxylic acids is 5. The van der Waals surface area contributed by atoms with Crippen molar-refractivity contribution in [1.29, 1.82) is 0 Å². The third kappa shape index (κ3) is 37.7. The fourth-order valence-corrected chi connectivity index (χ4v) is 30.5. The number of aliphatic hydroxyl groups excluding tert-OH is 2. The molecule has 16 rings (SSSR count). The average molecular weight is 2340 g/mol. The molecule has 0 saturated heterocycles. The second kappa shape index (κ2) is 62.0. The number of aromatic carboxylic acids is 2. The standard InChI is InChI=1S/C27H28Cl2O4S2.C22H23NO7S.C21H26BrCl2NO4S.C21H23ClO3S2.C20H24O5S/c28-22-13-20(15-33-14-18-7-4-8-19(11-18)27(31)32)21(26(22)29)16-34-25-10-9-24(35-25)23(30)12-17-5-2-1-3-6-17;24-16-3-1-2-14-19(6-7-23-20(14)16)31-11-15-12(8-17(25)21(15)26)9-29-10-13-4-5-18(30-13)22(27)28;1-13(26)29-11-15-9-16(10-19(23)25-15)30-12-17-14(8-18(22)21(17)24)6-4-2-3-5-7-20(27)28;22-16-13-27-19-8-5-7-18(21(16)19)26-12-15-14(10-11-17(15)23)6-3-1-2-4-9-20(24)25;21-17-8-7-14(12-24-10-2-1-6-20(22)23)16(17)13-26-19-5-3-4-18-15(19)9-11-25-18/h1-11,20-23,26,30H,12-16H2,(H,31,32);4-7,12,15-16,24H,1-3,8-11H2,(H,27,28);2,4,9-10,14,17-18,21H,3,5-8,11-12H2,1H3,(H,27,28);5,7-8,10-11,13-15H,1-4,6,9,12H2,(H,24,25);3-5,9,11,14,16H,1-2,6-8,10,12-13H2,(H,22,23)/b;;4-2-;;/t20-,21-,22?,23?,26?;12-,15-,16?;14-,17+,18?,21?;14-,15+;14-,16-/m11001/s1. The van der Waals surface area contributed by atoms with Gasteiger partial charge in [-0.3, -0.25) is 43.3 Å². The number of furan rings is 2. The number of carboxylic acid groups (broad SMARTS) is 5. The Labute approximate surface area is 929 Å². The van der Waals surface area contributed by atoms with E-state index in [2.05, 4.69) is 68.4 Å². The minimum absolute atomic E-state index is 0.0289. The number of ether oxygens (including phenoxy) is 4. The minimum atomic E-state index is -1.15. The van der Waals surface area contributed by atoms with Crippen molar-refractivity contribution >= 4 is 235 Å². The number of ketones is 4. The zero-order chi connectivity index (χ0) is 106. The summed E-state index contributed by atoms with van der Waals surface area (Å²) in [6.45, 7) is 3.76. The lowest BCUT2D eigenvalue weighted by molar-refractivity contribution is -0.142. The normalized spacial score (nSPS) is 22.0. The second-order valence-corrected chi connectivity index (χ2v) is 48.7. The molecule has 0 amide bonds. The number of pyridine rings is 2. The number of thiophene rings is 2. The molecule has 0 radical (unpaired) electrons. The maximum Gasteiger partial charge on any atom is 0.371 e. The quantitative estimate of drug-likeness (QED) is 0.00354. The number of nitrogens with zero attached hydrogens (tertiary/aromatic N) is 2. The summed E-state index contributed by atoms with van der Waals surface area (Å²) in [5.74, 6) is 0.138. The van der Waals surface area contributed by atoms with Crippen LogP contribution < -0.4 is 0 Å². The molecule has 25 nitrogen and oxygen atoms in total. The van der Waals surface area contributed by atoms with Gasteiger partial charge in [0, 0.05) is 166 Å². The van der Waals surface area contributed by atoms with E-state index in [9.17, 15) is 58.2 Å². The summed E-state index contributed by atoms with van der Waals surface area (Å²) < 4.78 is 35.3. The van der Waals surface area contributed by atoms with E-state index < -0.39 is 48.0 Å². The van der Waals surface area contributed by atoms with E-state index in [0.717, 1.165) is 173 Å². The predicted octanol–water partition coefficient (Wildman–Crippen LogP) is 26.6. The first-order valence-corrected chi connectivity index (χ1v) is 59.5. The van der Waals surface area contributed by atoms with Crippen LogP contribution in [0.25, 0.3) is 21.1 Å². The zero-order valence-electron chi connectivity index (χ0n) is 82.3. The molecule has 0 bridgehead atoms. The number of unbranched alkanes of at least 4 members (excludes halogenated alkanes) is 5. The van der Waals surface area contributed by atoms with Crippen LogP contribution in [-0.4, -0.2) is 181 Å². The predicted molar refractivity (Wildman–Crippen MR) is 593 cm³/mol. The molecule has 4 fully saturated rings. The van der Waals surface area contributed by atoms with Crippen molar-refractivity contribution in [2.45, 2.75) is 225 Å². The van der Waals surface area contributed by atoms with Crippen molar-refractivity contribution < 1.29 is 111 Å². The Balaban J connectivity index is 0.000000166. The van der Waals surface area contributed by atoms with Gasteiger partial charge >= 0.3 is 35.8 Å². The summed E-state index contributed by atoms with van der Waals surface area (Å²) in [5.41, 5.74) is 5.43. The van der Waals surface area contributed by atoms with Crippen LogP contribution >= 0.6 is 155 Å². The fraction of sp³-hybridized carbons (Fsp3) is 0.459. The molecule has 38 heteroatoms. The lowest BCUT2D eigenvalue weighted by Gasteiger charge is -2.23. The number of allylic oxidation sites excluding steroid dienone is 4. The number of hydrogen-bond acceptors (Lipinski definition) is 27. The van der Waals surface area contributed by atoms with E-state index in [4.69, 9.17) is 111 Å². The van der Waals surface area contributed by atoms with Crippen molar-refractivity contribution in [2.75, 3.05) is 55.2 Å². The van der Waals surface area contributed by atoms with Gasteiger partial charge in [-0.05, 0) is 227 Å². The number of hydrogen-bond donors (Lipinski definition) is 7. The van der Waals surface area contributed by atoms with Gasteiger partial charge in [0.1, 0.15) is 35.5 Å². The second-order valence-electron chi connectivity index (χ2n) is 37.6. The Hall–Kier alpha value is -7.88. The van der Waals surface area contributed by atoms with Crippen LogP contribution in [-0.2, 0) is 90.0 Å². The van der Waals surface area contributed by atoms with Gasteiger partial charge in [-0.25, -0.2) is 14.6 Å². The fourth-order valence-electron chi connectivity index (χ4n) is 18.8. The molecule has 0 aliphatic heterocycles. The topological polar surface area (TPSA) is 401 Å². The largest absolute Gasteiger partial charge is 0.481 e. The molecule has 6 unspecified atom stereocenters. The SMILES string of the molecule is CC(=O)OCc1cc(SC[C@H]2C(Cl)C(Br)C[C@@H]2C/C=C\CCCC(=O)O)cc(Cl)n1.O=C(O)CCCCCC[C@H]1C=CC(=O)[C@@H]1CSc1cccc2scc(Cl)c12.O=C(O)CCCCOC[C@H]1CCC(=O)[C@@H]1CSc1cccc2occc12.O=C(O)c1cccc(COC[C@H]2CC(Cl)C(Cl)[C@@H]2CSc2ccc(C(O)Cc3ccccc3)s2)c1.O=C1C[C@H](COCc2ccc(C(=O)O)o2)[C@@H](CSc2ccnc3c2CCCC3O)C1=O. The number of fused-ring (bicyclic) bond motifs is 3. The number of rotatable bonds is 50. The van der Waals surface area contributed by atoms with Gasteiger partial charge in [0.25, 0.3) is 0 Å². The summed E-state index contributed by atoms with van der Waals surface area (Å²) in [4.78, 5) is 128. The van der Waals surface area contributed by atoms with Gasteiger partial charge in [-0.2, -0.15) is 0 Å². The van der Waals surface area contributed by atoms with Gasteiger partial charge < -0.3 is 63.5 Å². The summed E-state index contributed by atoms with van der Waals surface area (Å²) >= 11 is 47.7. The number of carbonyl (C=O) groups is 10. The Morgan fingerprint density at radius 3 is 2.09 bits per heavy atom. The van der Waals surface area contributed by atoms with Crippen LogP contribution in [0.4, 0.5) is 0 Å². The molecule has 4 saturated carbocycles. The van der Waals surface area contributed by atoms with Crippen molar-refractivity contribution in [3.05, 3.63) is 242 Å². The first kappa shape index (κ1) is 120. The van der Waals surface area contributed by atoms with E-state index in [1.165, 1.54) is 35.5 Å². The zero-order valence-corrected chi connectivity index (χ0v) is 93.4. The first-order chi connectivity index (χ1) is 71.8. The number of aliphatic carboxylic acids is 3. The highest BCUT2D eigenvalue weighted by atomic mass is 79.9. The highest BCUT2D eigenvalue weighted by Crippen LogP contribution is 2.48. The molecule has 6 aromatic heterocycles. The smallest absolute Gasteiger partial charge is 0.371 e. The minimum Gasteiger partial charge on any atom is -0.481 e. The van der Waals surface area contributed by atoms with E-state index in [1.54, 1.807) is 106 Å². The molecule has 0 spiro atoms. The summed E-state index contributed by atoms with van der Waals surface area (Å²) in [6.07, 6.45) is 25.9. The van der Waals surface area contributed by atoms with E-state index in [1.807, 2.05) is 90.3 Å². The molecule has 6 aliphatic carbocycles. The third-order valence-corrected chi connectivity index (χ3v) is 38.8. The van der Waals surface area contributed by atoms with E-state index >= 15 is 0 Å². The molecular weight excluding hydrogens is 2210 g/mol. The van der Waals surface area contributed by atoms with Crippen LogP contribution in [0.2, 0.25) is 10.2 Å². The maximum atomic E-state index is 12.4. The monoisotopic (exact) mass is 2330 g/mol. The van der Waals surface area contributed by atoms with Crippen molar-refractivity contribution in [3.63, 3.8) is 0 Å². The lowest BCUT2D eigenvalue weighted by atomic mass is 9.91. The number of esters is 1. The maximum absolute atomic E-state index is 12.4. The van der Waals surface area contributed by atoms with Gasteiger partial charge in [-0.1, -0.05) is 131 Å². The number of carbonyl (C=O) groups excluding carboxylic acids is 5. The van der Waals surface area contributed by atoms with Crippen molar-refractivity contribution in [2.24, 2.45) is 59.2 Å².